The minimum Gasteiger partial charge on any atom is -0.377 e. The summed E-state index contributed by atoms with van der Waals surface area (Å²) in [5, 5.41) is 3.05. The molecule has 4 rings (SSSR count). The highest BCUT2D eigenvalue weighted by atomic mass is 79.9. The Kier molecular flexibility index (Phi) is 16.5. The first-order valence-corrected chi connectivity index (χ1v) is 20.3. The maximum Gasteiger partial charge on any atom is 0.230 e. The van der Waals surface area contributed by atoms with Gasteiger partial charge < -0.3 is 29.0 Å². The minimum absolute atomic E-state index is 0.0361. The molecule has 0 aromatic carbocycles. The maximum atomic E-state index is 11.1. The summed E-state index contributed by atoms with van der Waals surface area (Å²) in [5.74, 6) is 5.28. The third-order valence-electron chi connectivity index (χ3n) is 12.6. The summed E-state index contributed by atoms with van der Waals surface area (Å²) in [6.07, 6.45) is 17.9. The van der Waals surface area contributed by atoms with Crippen molar-refractivity contribution >= 4 is 21.8 Å². The lowest BCUT2D eigenvalue weighted by atomic mass is 9.47. The molecule has 0 aromatic rings. The number of amides is 1. The average Bonchev–Trinajstić information content (AvgIpc) is 3.41. The second kappa shape index (κ2) is 19.8. The zero-order valence-corrected chi connectivity index (χ0v) is 32.1. The molecule has 272 valence electrons. The molecule has 3 fully saturated rings. The monoisotopic (exact) mass is 725 g/mol. The summed E-state index contributed by atoms with van der Waals surface area (Å²) in [4.78, 5) is 11.1. The fourth-order valence-corrected chi connectivity index (χ4v) is 10.3. The Bertz CT molecular complexity index is 962. The van der Waals surface area contributed by atoms with Crippen molar-refractivity contribution in [2.24, 2.45) is 46.3 Å². The van der Waals surface area contributed by atoms with E-state index in [0.29, 0.717) is 88.3 Å². The van der Waals surface area contributed by atoms with Crippen molar-refractivity contribution in [3.8, 4) is 0 Å². The number of halogens is 1. The van der Waals surface area contributed by atoms with E-state index in [4.69, 9.17) is 23.7 Å². The van der Waals surface area contributed by atoms with Crippen LogP contribution in [0.3, 0.4) is 0 Å². The third kappa shape index (κ3) is 11.0. The molecule has 0 aliphatic heterocycles. The molecular formula is C39H68BrNO6. The molecule has 1 amide bonds. The van der Waals surface area contributed by atoms with E-state index in [0.717, 1.165) is 41.9 Å². The van der Waals surface area contributed by atoms with E-state index in [2.05, 4.69) is 61.9 Å². The van der Waals surface area contributed by atoms with Crippen molar-refractivity contribution in [2.45, 2.75) is 111 Å². The first-order valence-electron chi connectivity index (χ1n) is 19.1. The number of fused-ring (bicyclic) bond motifs is 5. The smallest absolute Gasteiger partial charge is 0.230 e. The lowest BCUT2D eigenvalue weighted by Crippen LogP contribution is -2.51. The molecule has 3 saturated carbocycles. The number of carbonyl (C=O) groups excluding carboxylic acids is 1. The van der Waals surface area contributed by atoms with E-state index in [1.807, 2.05) is 0 Å². The normalized spacial score (nSPS) is 32.4. The average molecular weight is 727 g/mol. The second-order valence-corrected chi connectivity index (χ2v) is 16.5. The lowest BCUT2D eigenvalue weighted by Gasteiger charge is -2.58. The minimum atomic E-state index is -0.0361. The molecule has 0 spiro atoms. The highest BCUT2D eigenvalue weighted by Gasteiger charge is 2.59. The maximum absolute atomic E-state index is 11.1. The predicted octanol–water partition coefficient (Wildman–Crippen LogP) is 7.99. The molecule has 0 aromatic heterocycles. The van der Waals surface area contributed by atoms with Gasteiger partial charge in [0.1, 0.15) is 0 Å². The molecule has 4 unspecified atom stereocenters. The van der Waals surface area contributed by atoms with Crippen LogP contribution in [0.15, 0.2) is 11.6 Å². The van der Waals surface area contributed by atoms with E-state index < -0.39 is 0 Å². The Morgan fingerprint density at radius 1 is 0.851 bits per heavy atom. The molecule has 7 nitrogen and oxygen atoms in total. The van der Waals surface area contributed by atoms with Gasteiger partial charge >= 0.3 is 0 Å². The molecule has 0 radical (unpaired) electrons. The van der Waals surface area contributed by atoms with Crippen LogP contribution in [0.25, 0.3) is 0 Å². The van der Waals surface area contributed by atoms with Crippen LogP contribution in [0, 0.1) is 46.3 Å². The fourth-order valence-electron chi connectivity index (χ4n) is 10.1. The van der Waals surface area contributed by atoms with E-state index in [1.54, 1.807) is 5.57 Å². The van der Waals surface area contributed by atoms with E-state index in [1.165, 1.54) is 64.2 Å². The molecule has 1 N–H and O–H groups in total. The summed E-state index contributed by atoms with van der Waals surface area (Å²) in [6.45, 7) is 18.1. The highest BCUT2D eigenvalue weighted by Crippen LogP contribution is 2.67. The number of alkyl halides is 1. The van der Waals surface area contributed by atoms with Crippen molar-refractivity contribution in [2.75, 3.05) is 71.3 Å². The van der Waals surface area contributed by atoms with Crippen LogP contribution in [0.2, 0.25) is 0 Å². The predicted molar refractivity (Wildman–Crippen MR) is 193 cm³/mol. The number of ether oxygens (including phenoxy) is 5. The summed E-state index contributed by atoms with van der Waals surface area (Å²) in [7, 11) is 0. The Balaban J connectivity index is 1.06. The Labute approximate surface area is 295 Å². The summed E-state index contributed by atoms with van der Waals surface area (Å²) >= 11 is 3.11. The first kappa shape index (κ1) is 39.3. The van der Waals surface area contributed by atoms with Gasteiger partial charge in [0.15, 0.2) is 0 Å². The van der Waals surface area contributed by atoms with Crippen LogP contribution in [0.5, 0.6) is 0 Å². The van der Waals surface area contributed by atoms with Crippen molar-refractivity contribution < 1.29 is 28.5 Å². The van der Waals surface area contributed by atoms with Crippen molar-refractivity contribution in [1.82, 2.24) is 5.32 Å². The molecule has 0 bridgehead atoms. The zero-order valence-electron chi connectivity index (χ0n) is 30.5. The van der Waals surface area contributed by atoms with Gasteiger partial charge in [-0.05, 0) is 97.7 Å². The number of nitrogens with one attached hydrogen (secondary N) is 1. The van der Waals surface area contributed by atoms with Crippen LogP contribution >= 0.6 is 15.9 Å². The Morgan fingerprint density at radius 3 is 2.17 bits per heavy atom. The number of hydrogen-bond donors (Lipinski definition) is 1. The zero-order chi connectivity index (χ0) is 33.7. The van der Waals surface area contributed by atoms with Crippen LogP contribution in [-0.2, 0) is 28.5 Å². The molecule has 8 heteroatoms. The Hall–Kier alpha value is -0.510. The molecule has 8 atom stereocenters. The van der Waals surface area contributed by atoms with E-state index >= 15 is 0 Å². The first-order chi connectivity index (χ1) is 22.7. The van der Waals surface area contributed by atoms with E-state index in [-0.39, 0.29) is 5.91 Å². The molecular weight excluding hydrogens is 658 g/mol. The van der Waals surface area contributed by atoms with Gasteiger partial charge in [-0.1, -0.05) is 81.5 Å². The summed E-state index contributed by atoms with van der Waals surface area (Å²) < 4.78 is 28.7. The number of allylic oxidation sites excluding steroid dienone is 1. The van der Waals surface area contributed by atoms with Gasteiger partial charge in [0.2, 0.25) is 5.91 Å². The van der Waals surface area contributed by atoms with Crippen LogP contribution in [0.4, 0.5) is 0 Å². The van der Waals surface area contributed by atoms with Gasteiger partial charge in [0.25, 0.3) is 0 Å². The van der Waals surface area contributed by atoms with Crippen LogP contribution in [0.1, 0.15) is 105 Å². The quantitative estimate of drug-likeness (QED) is 0.0693. The van der Waals surface area contributed by atoms with E-state index in [9.17, 15) is 4.79 Å². The molecule has 4 aliphatic carbocycles. The molecule has 4 aliphatic rings. The van der Waals surface area contributed by atoms with Crippen molar-refractivity contribution in [1.29, 1.82) is 0 Å². The lowest BCUT2D eigenvalue weighted by molar-refractivity contribution is -0.118. The topological polar surface area (TPSA) is 75.2 Å². The van der Waals surface area contributed by atoms with Gasteiger partial charge in [0.05, 0.1) is 70.9 Å². The number of carbonyl (C=O) groups is 1. The van der Waals surface area contributed by atoms with Crippen LogP contribution in [-0.4, -0.2) is 83.3 Å². The van der Waals surface area contributed by atoms with Gasteiger partial charge in [-0.25, -0.2) is 0 Å². The largest absolute Gasteiger partial charge is 0.377 e. The fraction of sp³-hybridized carbons (Fsp3) is 0.923. The number of rotatable bonds is 22. The molecule has 0 saturated heterocycles. The van der Waals surface area contributed by atoms with Crippen molar-refractivity contribution in [3.63, 3.8) is 0 Å². The van der Waals surface area contributed by atoms with Gasteiger partial charge in [0, 0.05) is 6.54 Å². The van der Waals surface area contributed by atoms with Crippen LogP contribution < -0.4 is 5.32 Å². The highest BCUT2D eigenvalue weighted by molar-refractivity contribution is 9.09. The molecule has 0 heterocycles. The van der Waals surface area contributed by atoms with Crippen molar-refractivity contribution in [3.05, 3.63) is 11.6 Å². The Morgan fingerprint density at radius 2 is 1.51 bits per heavy atom. The standard InChI is InChI=1S/C39H68BrNO6/c1-29(2)7-6-8-30(3)34-11-12-35-33-10-9-31-27-32(13-15-38(31,4)36(33)14-16-39(34,35)5)47-26-25-46-24-23-45-22-21-44-20-19-43-18-17-41-37(42)28-40/h9,29-30,32-36H,6-8,10-28H2,1-5H3,(H,41,42)/t30-,32+,33?,34?,35+,36+,38?,39?/m1/s1. The number of hydrogen-bond acceptors (Lipinski definition) is 6. The SMILES string of the molecule is CC(C)CCC[C@@H](C)C1CC[C@H]2C3CC=C4C[C@@H](OCCOCCOCCOCCOCCNC(=O)CBr)CCC4(C)[C@H]3CCC12C. The van der Waals surface area contributed by atoms with Gasteiger partial charge in [-0.15, -0.1) is 0 Å². The van der Waals surface area contributed by atoms with Gasteiger partial charge in [-0.2, -0.15) is 0 Å². The molecule has 47 heavy (non-hydrogen) atoms. The third-order valence-corrected chi connectivity index (χ3v) is 13.2. The summed E-state index contributed by atoms with van der Waals surface area (Å²) in [6, 6.07) is 0. The second-order valence-electron chi connectivity index (χ2n) is 16.0. The van der Waals surface area contributed by atoms with Gasteiger partial charge in [-0.3, -0.25) is 4.79 Å². The summed E-state index contributed by atoms with van der Waals surface area (Å²) in [5.41, 5.74) is 2.64.